The van der Waals surface area contributed by atoms with Crippen molar-refractivity contribution >= 4 is 34.0 Å². The molecule has 0 spiro atoms. The van der Waals surface area contributed by atoms with Crippen LogP contribution in [-0.4, -0.2) is 67.5 Å². The van der Waals surface area contributed by atoms with E-state index in [1.54, 1.807) is 6.07 Å². The SMILES string of the molecule is CC(c1cc(F)cc(F)c1)c1ccc2[nH]nc(NC(=O)c3ccc(N4CCN(C)CC4)cc3NCCF)c2c1. The molecule has 4 aromatic rings. The number of nitrogens with one attached hydrogen (secondary N) is 3. The number of hydrogen-bond acceptors (Lipinski definition) is 5. The van der Waals surface area contributed by atoms with Crippen molar-refractivity contribution in [2.45, 2.75) is 12.8 Å². The van der Waals surface area contributed by atoms with Gasteiger partial charge in [0.25, 0.3) is 5.91 Å². The molecular formula is C29H31F3N6O. The van der Waals surface area contributed by atoms with Gasteiger partial charge in [0.05, 0.1) is 11.1 Å². The minimum atomic E-state index is -0.634. The van der Waals surface area contributed by atoms with Crippen LogP contribution in [0.1, 0.15) is 34.3 Å². The van der Waals surface area contributed by atoms with E-state index in [0.29, 0.717) is 33.5 Å². The third-order valence-corrected chi connectivity index (χ3v) is 7.23. The second-order valence-corrected chi connectivity index (χ2v) is 9.89. The second-order valence-electron chi connectivity index (χ2n) is 9.89. The largest absolute Gasteiger partial charge is 0.382 e. The van der Waals surface area contributed by atoms with Crippen LogP contribution in [0, 0.1) is 11.6 Å². The molecule has 7 nitrogen and oxygen atoms in total. The molecule has 1 aliphatic heterocycles. The number of benzene rings is 3. The van der Waals surface area contributed by atoms with Crippen LogP contribution < -0.4 is 15.5 Å². The maximum absolute atomic E-state index is 13.8. The number of amides is 1. The van der Waals surface area contributed by atoms with E-state index in [-0.39, 0.29) is 18.4 Å². The summed E-state index contributed by atoms with van der Waals surface area (Å²) in [7, 11) is 2.09. The normalized spacial score (nSPS) is 14.9. The summed E-state index contributed by atoms with van der Waals surface area (Å²) in [5.41, 5.74) is 3.91. The monoisotopic (exact) mass is 536 g/mol. The van der Waals surface area contributed by atoms with Gasteiger partial charge in [-0.2, -0.15) is 5.10 Å². The molecule has 0 aliphatic carbocycles. The van der Waals surface area contributed by atoms with Gasteiger partial charge in [-0.25, -0.2) is 13.2 Å². The molecule has 1 fully saturated rings. The van der Waals surface area contributed by atoms with Gasteiger partial charge in [-0.1, -0.05) is 13.0 Å². The van der Waals surface area contributed by atoms with Gasteiger partial charge < -0.3 is 20.4 Å². The lowest BCUT2D eigenvalue weighted by Crippen LogP contribution is -2.44. The molecule has 3 N–H and O–H groups in total. The van der Waals surface area contributed by atoms with Gasteiger partial charge in [0.15, 0.2) is 5.82 Å². The van der Waals surface area contributed by atoms with Gasteiger partial charge in [-0.3, -0.25) is 9.89 Å². The number of halogens is 3. The van der Waals surface area contributed by atoms with Crippen LogP contribution >= 0.6 is 0 Å². The molecule has 1 saturated heterocycles. The summed E-state index contributed by atoms with van der Waals surface area (Å²) in [6.45, 7) is 4.99. The smallest absolute Gasteiger partial charge is 0.258 e. The molecule has 0 bridgehead atoms. The first-order valence-electron chi connectivity index (χ1n) is 12.9. The summed E-state index contributed by atoms with van der Waals surface area (Å²) >= 11 is 0. The number of carbonyl (C=O) groups excluding carboxylic acids is 1. The van der Waals surface area contributed by atoms with E-state index in [0.717, 1.165) is 43.5 Å². The Balaban J connectivity index is 1.40. The van der Waals surface area contributed by atoms with Crippen molar-refractivity contribution in [3.8, 4) is 0 Å². The van der Waals surface area contributed by atoms with Crippen LogP contribution in [0.2, 0.25) is 0 Å². The minimum absolute atomic E-state index is 0.0831. The third kappa shape index (κ3) is 5.85. The number of aromatic nitrogens is 2. The number of piperazine rings is 1. The maximum Gasteiger partial charge on any atom is 0.258 e. The highest BCUT2D eigenvalue weighted by molar-refractivity contribution is 6.11. The number of nitrogens with zero attached hydrogens (tertiary/aromatic N) is 3. The average molecular weight is 537 g/mol. The molecule has 1 unspecified atom stereocenters. The first kappa shape index (κ1) is 26.6. The molecule has 0 radical (unpaired) electrons. The highest BCUT2D eigenvalue weighted by Gasteiger charge is 2.20. The quantitative estimate of drug-likeness (QED) is 0.282. The first-order chi connectivity index (χ1) is 18.8. The lowest BCUT2D eigenvalue weighted by molar-refractivity contribution is 0.102. The van der Waals surface area contributed by atoms with E-state index in [9.17, 15) is 18.0 Å². The topological polar surface area (TPSA) is 76.3 Å². The Morgan fingerprint density at radius 3 is 2.46 bits per heavy atom. The molecule has 3 aromatic carbocycles. The summed E-state index contributed by atoms with van der Waals surface area (Å²) in [6.07, 6.45) is 0. The van der Waals surface area contributed by atoms with Crippen LogP contribution in [0.5, 0.6) is 0 Å². The number of fused-ring (bicyclic) bond motifs is 1. The number of carbonyl (C=O) groups is 1. The van der Waals surface area contributed by atoms with Crippen LogP contribution in [0.4, 0.5) is 30.4 Å². The summed E-state index contributed by atoms with van der Waals surface area (Å²) in [5, 5.41) is 13.8. The zero-order chi connectivity index (χ0) is 27.5. The molecule has 39 heavy (non-hydrogen) atoms. The molecule has 5 rings (SSSR count). The standard InChI is InChI=1S/C29H31F3N6O/c1-18(20-13-21(31)16-22(32)14-20)19-3-6-26-25(15-19)28(36-35-26)34-29(39)24-5-4-23(17-27(24)33-8-7-30)38-11-9-37(2)10-12-38/h3-6,13-18,33H,7-12H2,1-2H3,(H2,34,35,36,39). The van der Waals surface area contributed by atoms with E-state index in [2.05, 4.69) is 37.7 Å². The van der Waals surface area contributed by atoms with E-state index < -0.39 is 18.3 Å². The average Bonchev–Trinajstić information content (AvgIpc) is 3.33. The van der Waals surface area contributed by atoms with Gasteiger partial charge in [0, 0.05) is 61.5 Å². The van der Waals surface area contributed by atoms with Gasteiger partial charge in [-0.05, 0) is 60.6 Å². The first-order valence-corrected chi connectivity index (χ1v) is 12.9. The van der Waals surface area contributed by atoms with E-state index in [1.165, 1.54) is 12.1 Å². The van der Waals surface area contributed by atoms with E-state index in [1.807, 2.05) is 37.3 Å². The zero-order valence-electron chi connectivity index (χ0n) is 21.9. The van der Waals surface area contributed by atoms with Gasteiger partial charge in [0.2, 0.25) is 0 Å². The Morgan fingerprint density at radius 1 is 1.00 bits per heavy atom. The van der Waals surface area contributed by atoms with Gasteiger partial charge in [-0.15, -0.1) is 0 Å². The Morgan fingerprint density at radius 2 is 1.74 bits per heavy atom. The fraction of sp³-hybridized carbons (Fsp3) is 0.310. The van der Waals surface area contributed by atoms with Crippen LogP contribution in [-0.2, 0) is 0 Å². The Kier molecular flexibility index (Phi) is 7.74. The van der Waals surface area contributed by atoms with Crippen LogP contribution in [0.3, 0.4) is 0 Å². The van der Waals surface area contributed by atoms with E-state index >= 15 is 0 Å². The fourth-order valence-electron chi connectivity index (χ4n) is 4.91. The second kappa shape index (κ2) is 11.4. The number of H-pyrrole nitrogens is 1. The number of hydrogen-bond donors (Lipinski definition) is 3. The van der Waals surface area contributed by atoms with Gasteiger partial charge in [0.1, 0.15) is 18.3 Å². The summed E-state index contributed by atoms with van der Waals surface area (Å²) in [4.78, 5) is 17.9. The van der Waals surface area contributed by atoms with Crippen molar-refractivity contribution in [2.75, 3.05) is 62.0 Å². The lowest BCUT2D eigenvalue weighted by Gasteiger charge is -2.34. The summed E-state index contributed by atoms with van der Waals surface area (Å²) in [5.74, 6) is -1.62. The summed E-state index contributed by atoms with van der Waals surface area (Å²) < 4.78 is 40.6. The number of alkyl halides is 1. The molecule has 1 aliphatic rings. The van der Waals surface area contributed by atoms with Crippen LogP contribution in [0.25, 0.3) is 10.9 Å². The summed E-state index contributed by atoms with van der Waals surface area (Å²) in [6, 6.07) is 14.5. The molecule has 1 atom stereocenters. The molecule has 2 heterocycles. The minimum Gasteiger partial charge on any atom is -0.382 e. The molecular weight excluding hydrogens is 505 g/mol. The Hall–Kier alpha value is -4.05. The molecule has 10 heteroatoms. The number of aromatic amines is 1. The van der Waals surface area contributed by atoms with E-state index in [4.69, 9.17) is 0 Å². The molecule has 1 aromatic heterocycles. The predicted molar refractivity (Wildman–Crippen MR) is 149 cm³/mol. The Labute approximate surface area is 225 Å². The van der Waals surface area contributed by atoms with Crippen molar-refractivity contribution in [3.63, 3.8) is 0 Å². The predicted octanol–water partition coefficient (Wildman–Crippen LogP) is 5.38. The molecule has 204 valence electrons. The highest BCUT2D eigenvalue weighted by atomic mass is 19.1. The van der Waals surface area contributed by atoms with Crippen LogP contribution in [0.15, 0.2) is 54.6 Å². The number of likely N-dealkylation sites (N-methyl/N-ethyl adjacent to an activating group) is 1. The maximum atomic E-state index is 13.8. The van der Waals surface area contributed by atoms with Gasteiger partial charge >= 0.3 is 0 Å². The van der Waals surface area contributed by atoms with Crippen molar-refractivity contribution < 1.29 is 18.0 Å². The van der Waals surface area contributed by atoms with Crippen molar-refractivity contribution in [2.24, 2.45) is 0 Å². The Bertz CT molecular complexity index is 1460. The molecule has 0 saturated carbocycles. The fourth-order valence-corrected chi connectivity index (χ4v) is 4.91. The molecule has 1 amide bonds. The third-order valence-electron chi connectivity index (χ3n) is 7.23. The number of anilines is 3. The van der Waals surface area contributed by atoms with Crippen molar-refractivity contribution in [3.05, 3.63) is 82.9 Å². The lowest BCUT2D eigenvalue weighted by atomic mass is 9.92. The number of rotatable bonds is 8. The van der Waals surface area contributed by atoms with Crippen molar-refractivity contribution in [1.29, 1.82) is 0 Å². The van der Waals surface area contributed by atoms with Crippen molar-refractivity contribution in [1.82, 2.24) is 15.1 Å². The highest BCUT2D eigenvalue weighted by Crippen LogP contribution is 2.31. The zero-order valence-corrected chi connectivity index (χ0v) is 21.9.